The number of aliphatic carboxylic acids is 1. The zero-order valence-corrected chi connectivity index (χ0v) is 15.7. The van der Waals surface area contributed by atoms with E-state index in [0.717, 1.165) is 17.9 Å². The smallest absolute Gasteiger partial charge is 0.386 e. The van der Waals surface area contributed by atoms with Crippen LogP contribution in [0.25, 0.3) is 0 Å². The molecule has 0 aromatic heterocycles. The lowest BCUT2D eigenvalue weighted by atomic mass is 10.2. The molecule has 0 aromatic carbocycles. The molecule has 0 aliphatic carbocycles. The van der Waals surface area contributed by atoms with Gasteiger partial charge in [-0.25, -0.2) is 4.57 Å². The Hall–Kier alpha value is -0.150. The third-order valence-electron chi connectivity index (χ3n) is 2.78. The van der Waals surface area contributed by atoms with E-state index in [2.05, 4.69) is 0 Å². The van der Waals surface area contributed by atoms with Gasteiger partial charge in [0.1, 0.15) is 6.10 Å². The van der Waals surface area contributed by atoms with Gasteiger partial charge in [0, 0.05) is 13.0 Å². The summed E-state index contributed by atoms with van der Waals surface area (Å²) in [4.78, 5) is 20.1. The number of ether oxygens (including phenoxy) is 1. The van der Waals surface area contributed by atoms with Gasteiger partial charge in [0.15, 0.2) is 0 Å². The van der Waals surface area contributed by atoms with Crippen molar-refractivity contribution in [3.05, 3.63) is 0 Å². The van der Waals surface area contributed by atoms with Gasteiger partial charge in [0.2, 0.25) is 0 Å². The summed E-state index contributed by atoms with van der Waals surface area (Å²) in [7, 11) is 5.97. The Bertz CT molecular complexity index is 389. The van der Waals surface area contributed by atoms with E-state index >= 15 is 0 Å². The monoisotopic (exact) mass is 374 g/mol. The van der Waals surface area contributed by atoms with Crippen LogP contribution in [0.4, 0.5) is 0 Å². The molecule has 0 radical (unpaired) electrons. The van der Waals surface area contributed by atoms with Crippen LogP contribution in [0.2, 0.25) is 0 Å². The fourth-order valence-electron chi connectivity index (χ4n) is 1.43. The van der Waals surface area contributed by atoms with E-state index in [1.807, 2.05) is 21.1 Å². The molecule has 138 valence electrons. The van der Waals surface area contributed by atoms with E-state index in [1.165, 1.54) is 0 Å². The Kier molecular flexibility index (Phi) is 11.3. The Morgan fingerprint density at radius 3 is 2.48 bits per heavy atom. The van der Waals surface area contributed by atoms with Gasteiger partial charge < -0.3 is 24.3 Å². The van der Waals surface area contributed by atoms with Gasteiger partial charge >= 0.3 is 12.8 Å². The third kappa shape index (κ3) is 15.1. The minimum absolute atomic E-state index is 0.0679. The normalized spacial score (nSPS) is 16.0. The second-order valence-corrected chi connectivity index (χ2v) is 10.2. The first-order valence-corrected chi connectivity index (χ1v) is 10.6. The highest BCUT2D eigenvalue weighted by molar-refractivity contribution is 8.54. The maximum atomic E-state index is 11.9. The van der Waals surface area contributed by atoms with E-state index < -0.39 is 18.9 Å². The summed E-state index contributed by atoms with van der Waals surface area (Å²) in [5, 5.41) is 17.7. The molecule has 1 unspecified atom stereocenters. The average molecular weight is 374 g/mol. The molecule has 0 amide bonds. The Balaban J connectivity index is 3.94. The molecule has 8 nitrogen and oxygen atoms in total. The van der Waals surface area contributed by atoms with Crippen molar-refractivity contribution in [3.8, 4) is 0 Å². The van der Waals surface area contributed by atoms with Crippen molar-refractivity contribution < 1.29 is 38.2 Å². The molecule has 0 saturated heterocycles. The van der Waals surface area contributed by atoms with Crippen molar-refractivity contribution in [2.45, 2.75) is 25.4 Å². The Morgan fingerprint density at radius 2 is 1.96 bits per heavy atom. The van der Waals surface area contributed by atoms with Crippen molar-refractivity contribution in [2.24, 2.45) is 0 Å². The molecular weight excluding hydrogens is 345 g/mol. The third-order valence-corrected chi connectivity index (χ3v) is 5.79. The van der Waals surface area contributed by atoms with Crippen molar-refractivity contribution >= 4 is 24.1 Å². The fourth-order valence-corrected chi connectivity index (χ4v) is 4.06. The summed E-state index contributed by atoms with van der Waals surface area (Å²) >= 11 is 0.864. The number of aliphatic hydroxyl groups excluding tert-OH is 1. The molecule has 2 atom stereocenters. The predicted molar refractivity (Wildman–Crippen MR) is 89.4 cm³/mol. The van der Waals surface area contributed by atoms with E-state index in [-0.39, 0.29) is 26.2 Å². The van der Waals surface area contributed by atoms with Gasteiger partial charge in [0.05, 0.1) is 46.7 Å². The zero-order chi connectivity index (χ0) is 17.9. The first kappa shape index (κ1) is 22.9. The minimum Gasteiger partial charge on any atom is -0.481 e. The summed E-state index contributed by atoms with van der Waals surface area (Å²) in [5.41, 5.74) is 0. The summed E-state index contributed by atoms with van der Waals surface area (Å²) in [6.45, 7) is -3.28. The zero-order valence-electron chi connectivity index (χ0n) is 14.0. The van der Waals surface area contributed by atoms with E-state index in [9.17, 15) is 19.4 Å². The second-order valence-electron chi connectivity index (χ2n) is 6.14. The van der Waals surface area contributed by atoms with Gasteiger partial charge in [-0.2, -0.15) is 0 Å². The largest absolute Gasteiger partial charge is 0.481 e. The highest BCUT2D eigenvalue weighted by atomic mass is 32.7. The minimum atomic E-state index is -3.77. The van der Waals surface area contributed by atoms with Crippen molar-refractivity contribution in [2.75, 3.05) is 53.3 Å². The van der Waals surface area contributed by atoms with Gasteiger partial charge in [-0.05, 0) is 24.2 Å². The van der Waals surface area contributed by atoms with Crippen LogP contribution in [0.1, 0.15) is 19.3 Å². The van der Waals surface area contributed by atoms with Crippen molar-refractivity contribution in [1.82, 2.24) is 0 Å². The maximum absolute atomic E-state index is 11.9. The number of hydrogen-bond acceptors (Lipinski definition) is 6. The molecule has 0 bridgehead atoms. The number of carboxylic acids is 1. The first-order chi connectivity index (χ1) is 10.6. The lowest BCUT2D eigenvalue weighted by Gasteiger charge is -2.24. The first-order valence-electron chi connectivity index (χ1n) is 7.42. The number of hydrogen-bond donors (Lipinski definition) is 3. The molecule has 0 saturated carbocycles. The number of carboxylic acid groups (broad SMARTS) is 1. The fraction of sp³-hybridized carbons (Fsp3) is 0.923. The van der Waals surface area contributed by atoms with Crippen LogP contribution in [0.5, 0.6) is 0 Å². The molecule has 0 heterocycles. The average Bonchev–Trinajstić information content (AvgIpc) is 2.39. The van der Waals surface area contributed by atoms with Crippen LogP contribution in [-0.4, -0.2) is 84.9 Å². The predicted octanol–water partition coefficient (Wildman–Crippen LogP) is 1.18. The second kappa shape index (κ2) is 11.4. The molecule has 0 aromatic rings. The quantitative estimate of drug-likeness (QED) is 0.236. The number of nitrogens with zero attached hydrogens (tertiary/aromatic N) is 1. The number of quaternary nitrogens is 1. The molecule has 0 aliphatic rings. The van der Waals surface area contributed by atoms with E-state index in [1.54, 1.807) is 0 Å². The highest BCUT2D eigenvalue weighted by Gasteiger charge is 2.24. The van der Waals surface area contributed by atoms with E-state index in [4.69, 9.17) is 14.4 Å². The van der Waals surface area contributed by atoms with Crippen LogP contribution in [0.3, 0.4) is 0 Å². The van der Waals surface area contributed by atoms with E-state index in [0.29, 0.717) is 23.1 Å². The molecule has 0 aliphatic heterocycles. The summed E-state index contributed by atoms with van der Waals surface area (Å²) in [6.07, 6.45) is 0.392. The van der Waals surface area contributed by atoms with Crippen LogP contribution < -0.4 is 0 Å². The number of carbonyl (C=O) groups is 1. The highest BCUT2D eigenvalue weighted by Crippen LogP contribution is 2.55. The molecule has 0 fully saturated rings. The maximum Gasteiger partial charge on any atom is 0.386 e. The molecule has 0 rings (SSSR count). The van der Waals surface area contributed by atoms with Crippen LogP contribution >= 0.6 is 18.2 Å². The van der Waals surface area contributed by atoms with Crippen LogP contribution in [0, 0.1) is 0 Å². The van der Waals surface area contributed by atoms with Gasteiger partial charge in [-0.15, -0.1) is 0 Å². The molecular formula is C13H29NO7PS+. The van der Waals surface area contributed by atoms with Crippen molar-refractivity contribution in [1.29, 1.82) is 0 Å². The SMILES string of the molecule is C[N+](C)(C)CCSP(=O)(O)OC[C@H](CO)OCCCCC(=O)O. The Labute approximate surface area is 141 Å². The molecule has 23 heavy (non-hydrogen) atoms. The summed E-state index contributed by atoms with van der Waals surface area (Å²) < 4.78 is 22.8. The summed E-state index contributed by atoms with van der Waals surface area (Å²) in [6, 6.07) is 0. The van der Waals surface area contributed by atoms with Crippen molar-refractivity contribution in [3.63, 3.8) is 0 Å². The van der Waals surface area contributed by atoms with Gasteiger partial charge in [0.25, 0.3) is 0 Å². The molecule has 3 N–H and O–H groups in total. The number of rotatable bonds is 14. The summed E-state index contributed by atoms with van der Waals surface area (Å²) in [5.74, 6) is -0.379. The Morgan fingerprint density at radius 1 is 1.30 bits per heavy atom. The lowest BCUT2D eigenvalue weighted by molar-refractivity contribution is -0.867. The molecule has 0 spiro atoms. The lowest BCUT2D eigenvalue weighted by Crippen LogP contribution is -2.36. The van der Waals surface area contributed by atoms with Crippen LogP contribution in [-0.2, 0) is 18.6 Å². The number of unbranched alkanes of at least 4 members (excludes halogenated alkanes) is 1. The topological polar surface area (TPSA) is 113 Å². The van der Waals surface area contributed by atoms with Crippen LogP contribution in [0.15, 0.2) is 0 Å². The number of aliphatic hydroxyl groups is 1. The molecule has 10 heteroatoms. The standard InChI is InChI=1S/C13H28NO7PS/c1-14(2,3)7-9-23-22(18,19)21-11-12(10-15)20-8-5-4-6-13(16)17/h12,15H,4-11H2,1-3H3,(H-,16,17,18,19)/p+1/t12-/m0/s1. The van der Waals surface area contributed by atoms with Gasteiger partial charge in [-0.1, -0.05) is 0 Å². The van der Waals surface area contributed by atoms with Gasteiger partial charge in [-0.3, -0.25) is 9.32 Å².